The van der Waals surface area contributed by atoms with Gasteiger partial charge in [-0.2, -0.15) is 0 Å². The third kappa shape index (κ3) is 6.18. The fourth-order valence-electron chi connectivity index (χ4n) is 5.52. The van der Waals surface area contributed by atoms with Crippen LogP contribution >= 0.6 is 12.6 Å². The summed E-state index contributed by atoms with van der Waals surface area (Å²) in [5, 5.41) is 22.6. The van der Waals surface area contributed by atoms with Crippen molar-refractivity contribution in [1.82, 2.24) is 4.90 Å². The second-order valence-electron chi connectivity index (χ2n) is 10.8. The number of carbonyl (C=O) groups excluding carboxylic acids is 1. The molecule has 0 aliphatic carbocycles. The molecule has 196 valence electrons. The van der Waals surface area contributed by atoms with E-state index in [1.807, 2.05) is 98.8 Å². The second-order valence-corrected chi connectivity index (χ2v) is 11.2. The summed E-state index contributed by atoms with van der Waals surface area (Å²) in [6.07, 6.45) is 2.90. The quantitative estimate of drug-likeness (QED) is 0.294. The summed E-state index contributed by atoms with van der Waals surface area (Å²) >= 11 is 4.00. The number of piperidine rings is 1. The lowest BCUT2D eigenvalue weighted by molar-refractivity contribution is -0.114. The zero-order valence-corrected chi connectivity index (χ0v) is 22.8. The monoisotopic (exact) mass is 517 g/mol. The van der Waals surface area contributed by atoms with Crippen molar-refractivity contribution in [2.45, 2.75) is 56.7 Å². The van der Waals surface area contributed by atoms with Crippen molar-refractivity contribution < 1.29 is 15.0 Å². The van der Waals surface area contributed by atoms with Gasteiger partial charge in [-0.25, -0.2) is 0 Å². The van der Waals surface area contributed by atoms with Crippen molar-refractivity contribution in [1.29, 1.82) is 0 Å². The molecule has 2 N–H and O–H groups in total. The van der Waals surface area contributed by atoms with Gasteiger partial charge in [-0.3, -0.25) is 4.79 Å². The van der Waals surface area contributed by atoms with E-state index in [0.29, 0.717) is 6.42 Å². The van der Waals surface area contributed by atoms with Gasteiger partial charge in [0.05, 0.1) is 11.5 Å². The van der Waals surface area contributed by atoms with Gasteiger partial charge in [0.15, 0.2) is 5.12 Å². The minimum Gasteiger partial charge on any atom is -0.388 e. The highest BCUT2D eigenvalue weighted by Crippen LogP contribution is 2.42. The number of hydrogen-bond donors (Lipinski definition) is 3. The van der Waals surface area contributed by atoms with Crippen molar-refractivity contribution in [3.05, 3.63) is 107 Å². The minimum absolute atomic E-state index is 0.144. The molecule has 0 radical (unpaired) electrons. The van der Waals surface area contributed by atoms with Crippen molar-refractivity contribution in [2.75, 3.05) is 19.6 Å². The number of hydrogen-bond acceptors (Lipinski definition) is 4. The first kappa shape index (κ1) is 27.6. The molecule has 0 saturated carbocycles. The van der Waals surface area contributed by atoms with Crippen LogP contribution in [-0.2, 0) is 15.8 Å². The number of carbonyl (C=O) groups is 1. The first-order chi connectivity index (χ1) is 17.7. The number of rotatable bonds is 10. The summed E-state index contributed by atoms with van der Waals surface area (Å²) in [4.78, 5) is 14.2. The van der Waals surface area contributed by atoms with Gasteiger partial charge in [-0.1, -0.05) is 84.9 Å². The van der Waals surface area contributed by atoms with E-state index in [2.05, 4.69) is 17.5 Å². The van der Waals surface area contributed by atoms with Crippen LogP contribution in [0.5, 0.6) is 0 Å². The Kier molecular flexibility index (Phi) is 8.91. The van der Waals surface area contributed by atoms with Crippen molar-refractivity contribution in [3.63, 3.8) is 0 Å². The van der Waals surface area contributed by atoms with Gasteiger partial charge in [-0.15, -0.1) is 12.6 Å². The van der Waals surface area contributed by atoms with Crippen molar-refractivity contribution in [2.24, 2.45) is 5.92 Å². The zero-order chi connectivity index (χ0) is 26.5. The highest BCUT2D eigenvalue weighted by Gasteiger charge is 2.41. The number of benzene rings is 3. The molecular formula is C32H39NO3S. The van der Waals surface area contributed by atoms with Gasteiger partial charge < -0.3 is 15.1 Å². The molecule has 1 atom stereocenters. The van der Waals surface area contributed by atoms with Crippen LogP contribution < -0.4 is 0 Å². The summed E-state index contributed by atoms with van der Waals surface area (Å²) in [6.45, 7) is 6.52. The van der Waals surface area contributed by atoms with Crippen LogP contribution in [0.3, 0.4) is 0 Å². The third-order valence-corrected chi connectivity index (χ3v) is 8.67. The molecule has 1 heterocycles. The van der Waals surface area contributed by atoms with Crippen molar-refractivity contribution in [3.8, 4) is 0 Å². The van der Waals surface area contributed by atoms with E-state index in [9.17, 15) is 15.0 Å². The molecule has 0 aromatic heterocycles. The maximum Gasteiger partial charge on any atom is 0.195 e. The maximum atomic E-state index is 12.1. The van der Waals surface area contributed by atoms with Gasteiger partial charge in [0.2, 0.25) is 0 Å². The van der Waals surface area contributed by atoms with E-state index < -0.39 is 17.1 Å². The van der Waals surface area contributed by atoms with E-state index >= 15 is 0 Å². The van der Waals surface area contributed by atoms with E-state index in [1.54, 1.807) is 0 Å². The highest BCUT2D eigenvalue weighted by molar-refractivity contribution is 7.96. The largest absolute Gasteiger partial charge is 0.388 e. The molecule has 0 bridgehead atoms. The molecule has 1 saturated heterocycles. The Morgan fingerprint density at radius 2 is 1.41 bits per heavy atom. The number of thiol groups is 1. The van der Waals surface area contributed by atoms with Crippen LogP contribution in [0.2, 0.25) is 0 Å². The topological polar surface area (TPSA) is 60.8 Å². The van der Waals surface area contributed by atoms with Gasteiger partial charge in [-0.05, 0) is 87.3 Å². The van der Waals surface area contributed by atoms with Gasteiger partial charge in [0.25, 0.3) is 0 Å². The molecule has 0 amide bonds. The average Bonchev–Trinajstić information content (AvgIpc) is 2.94. The van der Waals surface area contributed by atoms with E-state index in [-0.39, 0.29) is 11.0 Å². The van der Waals surface area contributed by atoms with Gasteiger partial charge >= 0.3 is 0 Å². The van der Waals surface area contributed by atoms with E-state index in [4.69, 9.17) is 0 Å². The zero-order valence-electron chi connectivity index (χ0n) is 21.9. The molecule has 37 heavy (non-hydrogen) atoms. The standard InChI is InChI=1S/C32H39NO3S/c1-31(2,30(35)37)25-17-15-24(16-18-25)29(34)14-9-21-33-22-19-28(20-23-33)32(36,26-10-5-3-6-11-26)27-12-7-4-8-13-27/h3-8,10-13,15-18,28-29,34,36H,9,14,19-23H2,1-2H3,(H,35,37). The Balaban J connectivity index is 1.31. The number of nitrogens with zero attached hydrogens (tertiary/aromatic N) is 1. The summed E-state index contributed by atoms with van der Waals surface area (Å²) < 4.78 is 0. The SMILES string of the molecule is CC(C)(C(=O)S)c1ccc(C(O)CCCN2CCC(C(O)(c3ccccc3)c3ccccc3)CC2)cc1. The fraction of sp³-hybridized carbons (Fsp3) is 0.406. The Hall–Kier alpha value is -2.44. The van der Waals surface area contributed by atoms with Crippen LogP contribution in [0.25, 0.3) is 0 Å². The molecule has 4 nitrogen and oxygen atoms in total. The minimum atomic E-state index is -0.997. The molecule has 1 aliphatic heterocycles. The molecule has 1 unspecified atom stereocenters. The summed E-state index contributed by atoms with van der Waals surface area (Å²) in [6, 6.07) is 27.8. The molecule has 1 aliphatic rings. The smallest absolute Gasteiger partial charge is 0.195 e. The highest BCUT2D eigenvalue weighted by atomic mass is 32.1. The summed E-state index contributed by atoms with van der Waals surface area (Å²) in [5.74, 6) is 0.144. The Morgan fingerprint density at radius 1 is 0.892 bits per heavy atom. The van der Waals surface area contributed by atoms with Crippen LogP contribution in [0, 0.1) is 5.92 Å². The Bertz CT molecular complexity index is 1100. The van der Waals surface area contributed by atoms with Crippen LogP contribution in [-0.4, -0.2) is 39.9 Å². The number of likely N-dealkylation sites (tertiary alicyclic amines) is 1. The van der Waals surface area contributed by atoms with Gasteiger partial charge in [0.1, 0.15) is 5.60 Å². The molecular weight excluding hydrogens is 478 g/mol. The molecule has 1 fully saturated rings. The lowest BCUT2D eigenvalue weighted by Gasteiger charge is -2.42. The average molecular weight is 518 g/mol. The van der Waals surface area contributed by atoms with E-state index in [0.717, 1.165) is 61.2 Å². The van der Waals surface area contributed by atoms with Crippen LogP contribution in [0.4, 0.5) is 0 Å². The molecule has 3 aromatic carbocycles. The first-order valence-corrected chi connectivity index (χ1v) is 13.8. The van der Waals surface area contributed by atoms with Crippen LogP contribution in [0.1, 0.15) is 67.9 Å². The number of aliphatic hydroxyl groups is 2. The Labute approximate surface area is 226 Å². The van der Waals surface area contributed by atoms with E-state index in [1.165, 1.54) is 0 Å². The summed E-state index contributed by atoms with van der Waals surface area (Å²) in [7, 11) is 0. The Morgan fingerprint density at radius 3 is 1.89 bits per heavy atom. The normalized spacial score (nSPS) is 16.5. The lowest BCUT2D eigenvalue weighted by atomic mass is 9.72. The predicted molar refractivity (Wildman–Crippen MR) is 153 cm³/mol. The number of aliphatic hydroxyl groups excluding tert-OH is 1. The van der Waals surface area contributed by atoms with Crippen molar-refractivity contribution >= 4 is 17.7 Å². The lowest BCUT2D eigenvalue weighted by Crippen LogP contribution is -2.44. The summed E-state index contributed by atoms with van der Waals surface area (Å²) in [5.41, 5.74) is 2.04. The maximum absolute atomic E-state index is 12.1. The molecule has 0 spiro atoms. The van der Waals surface area contributed by atoms with Gasteiger partial charge in [0, 0.05) is 0 Å². The van der Waals surface area contributed by atoms with Crippen LogP contribution in [0.15, 0.2) is 84.9 Å². The fourth-order valence-corrected chi connectivity index (χ4v) is 5.65. The molecule has 3 aromatic rings. The molecule has 5 heteroatoms. The first-order valence-electron chi connectivity index (χ1n) is 13.3. The second kappa shape index (κ2) is 12.0. The molecule has 4 rings (SSSR count). The third-order valence-electron chi connectivity index (χ3n) is 8.11. The predicted octanol–water partition coefficient (Wildman–Crippen LogP) is 5.88.